The molecular weight excluding hydrogens is 300 g/mol. The van der Waals surface area contributed by atoms with E-state index < -0.39 is 26.6 Å². The maximum Gasteiger partial charge on any atom is 0.424 e. The maximum atomic E-state index is 12.4. The summed E-state index contributed by atoms with van der Waals surface area (Å²) in [6.45, 7) is 4.83. The normalized spacial score (nSPS) is 22.0. The van der Waals surface area contributed by atoms with E-state index in [4.69, 9.17) is 4.74 Å². The summed E-state index contributed by atoms with van der Waals surface area (Å²) in [5, 5.41) is 10.6. The van der Waals surface area contributed by atoms with Crippen LogP contribution in [-0.4, -0.2) is 35.9 Å². The Labute approximate surface area is 120 Å². The van der Waals surface area contributed by atoms with Crippen molar-refractivity contribution < 1.29 is 22.9 Å². The van der Waals surface area contributed by atoms with E-state index in [1.165, 1.54) is 13.0 Å². The number of nitro groups is 1. The van der Waals surface area contributed by atoms with Crippen molar-refractivity contribution in [3.8, 4) is 0 Å². The predicted octanol–water partition coefficient (Wildman–Crippen LogP) is 1.68. The van der Waals surface area contributed by atoms with E-state index in [2.05, 4.69) is 6.58 Å². The summed E-state index contributed by atoms with van der Waals surface area (Å²) in [7, 11) is -4.12. The summed E-state index contributed by atoms with van der Waals surface area (Å²) in [6.07, 6.45) is 0.340. The number of sulfonamides is 1. The van der Waals surface area contributed by atoms with Crippen LogP contribution in [-0.2, 0) is 14.8 Å². The second kappa shape index (κ2) is 4.85. The van der Waals surface area contributed by atoms with Crippen LogP contribution in [0.1, 0.15) is 6.92 Å². The summed E-state index contributed by atoms with van der Waals surface area (Å²) in [4.78, 5) is 21.4. The van der Waals surface area contributed by atoms with Crippen LogP contribution in [0.4, 0.5) is 10.5 Å². The van der Waals surface area contributed by atoms with E-state index in [1.54, 1.807) is 0 Å². The fourth-order valence-corrected chi connectivity index (χ4v) is 3.18. The molecule has 8 nitrogen and oxygen atoms in total. The van der Waals surface area contributed by atoms with Crippen molar-refractivity contribution in [1.29, 1.82) is 0 Å². The Morgan fingerprint density at radius 2 is 2.00 bits per heavy atom. The largest absolute Gasteiger partial charge is 0.436 e. The van der Waals surface area contributed by atoms with Gasteiger partial charge in [0, 0.05) is 12.1 Å². The van der Waals surface area contributed by atoms with E-state index in [-0.39, 0.29) is 17.1 Å². The average molecular weight is 312 g/mol. The van der Waals surface area contributed by atoms with E-state index in [9.17, 15) is 23.3 Å². The number of cyclic esters (lactones) is 1. The first-order chi connectivity index (χ1) is 9.69. The molecular formula is C12H12N2O6S. The van der Waals surface area contributed by atoms with E-state index in [0.29, 0.717) is 4.31 Å². The lowest BCUT2D eigenvalue weighted by atomic mass is 10.1. The minimum atomic E-state index is -4.12. The maximum absolute atomic E-state index is 12.4. The molecule has 1 aliphatic heterocycles. The van der Waals surface area contributed by atoms with Gasteiger partial charge in [-0.05, 0) is 25.1 Å². The van der Waals surface area contributed by atoms with Gasteiger partial charge in [0.15, 0.2) is 0 Å². The second-order valence-electron chi connectivity index (χ2n) is 4.65. The zero-order valence-electron chi connectivity index (χ0n) is 11.1. The van der Waals surface area contributed by atoms with Gasteiger partial charge in [0.2, 0.25) is 0 Å². The van der Waals surface area contributed by atoms with Crippen molar-refractivity contribution >= 4 is 21.8 Å². The molecule has 1 atom stereocenters. The van der Waals surface area contributed by atoms with Gasteiger partial charge in [-0.3, -0.25) is 10.1 Å². The zero-order valence-corrected chi connectivity index (χ0v) is 11.9. The molecule has 0 aromatic heterocycles. The highest BCUT2D eigenvalue weighted by Crippen LogP contribution is 2.29. The van der Waals surface area contributed by atoms with Gasteiger partial charge in [0.25, 0.3) is 15.7 Å². The minimum Gasteiger partial charge on any atom is -0.436 e. The minimum absolute atomic E-state index is 0.200. The summed E-state index contributed by atoms with van der Waals surface area (Å²) >= 11 is 0. The number of rotatable bonds is 4. The monoisotopic (exact) mass is 312 g/mol. The van der Waals surface area contributed by atoms with Crippen LogP contribution in [0.25, 0.3) is 0 Å². The first-order valence-corrected chi connectivity index (χ1v) is 7.27. The summed E-state index contributed by atoms with van der Waals surface area (Å²) in [6, 6.07) is 4.26. The lowest BCUT2D eigenvalue weighted by molar-refractivity contribution is -0.384. The number of nitro benzene ring substituents is 1. The Kier molecular flexibility index (Phi) is 3.46. The number of carbonyl (C=O) groups excluding carboxylic acids is 1. The molecule has 1 fully saturated rings. The molecule has 0 radical (unpaired) electrons. The van der Waals surface area contributed by atoms with Gasteiger partial charge >= 0.3 is 6.09 Å². The highest BCUT2D eigenvalue weighted by molar-refractivity contribution is 7.89. The summed E-state index contributed by atoms with van der Waals surface area (Å²) < 4.78 is 30.2. The molecule has 1 unspecified atom stereocenters. The predicted molar refractivity (Wildman–Crippen MR) is 72.1 cm³/mol. The topological polar surface area (TPSA) is 107 Å². The van der Waals surface area contributed by atoms with Crippen LogP contribution in [0.2, 0.25) is 0 Å². The molecule has 0 N–H and O–H groups in total. The van der Waals surface area contributed by atoms with Gasteiger partial charge in [0.05, 0.1) is 16.4 Å². The molecule has 1 aliphatic rings. The number of ether oxygens (including phenoxy) is 1. The molecule has 1 saturated heterocycles. The van der Waals surface area contributed by atoms with Gasteiger partial charge in [0.1, 0.15) is 5.60 Å². The first kappa shape index (κ1) is 15.0. The molecule has 0 aliphatic carbocycles. The highest BCUT2D eigenvalue weighted by Gasteiger charge is 2.45. The molecule has 0 saturated carbocycles. The summed E-state index contributed by atoms with van der Waals surface area (Å²) in [5.74, 6) is 0. The fraction of sp³-hybridized carbons (Fsp3) is 0.250. The molecule has 9 heteroatoms. The molecule has 21 heavy (non-hydrogen) atoms. The van der Waals surface area contributed by atoms with Crippen molar-refractivity contribution in [3.63, 3.8) is 0 Å². The lowest BCUT2D eigenvalue weighted by Gasteiger charge is -2.16. The number of amides is 1. The van der Waals surface area contributed by atoms with Gasteiger partial charge in [-0.1, -0.05) is 6.58 Å². The first-order valence-electron chi connectivity index (χ1n) is 5.83. The number of hydrogen-bond acceptors (Lipinski definition) is 6. The Balaban J connectivity index is 2.36. The third-order valence-corrected chi connectivity index (χ3v) is 4.78. The number of carbonyl (C=O) groups is 1. The molecule has 1 aromatic carbocycles. The molecule has 0 bridgehead atoms. The van der Waals surface area contributed by atoms with Crippen LogP contribution in [0.3, 0.4) is 0 Å². The summed E-state index contributed by atoms with van der Waals surface area (Å²) in [5.41, 5.74) is -1.33. The van der Waals surface area contributed by atoms with Crippen molar-refractivity contribution in [1.82, 2.24) is 4.31 Å². The van der Waals surface area contributed by atoms with E-state index in [1.807, 2.05) is 0 Å². The number of benzene rings is 1. The zero-order chi connectivity index (χ0) is 15.8. The SMILES string of the molecule is C=CC1(C)CN(S(=O)(=O)c2ccc([N+](=O)[O-])cc2)C(=O)O1. The van der Waals surface area contributed by atoms with E-state index >= 15 is 0 Å². The third kappa shape index (κ3) is 2.59. The van der Waals surface area contributed by atoms with Crippen molar-refractivity contribution in [3.05, 3.63) is 47.0 Å². The molecule has 0 spiro atoms. The molecule has 1 amide bonds. The molecule has 2 rings (SSSR count). The number of hydrogen-bond donors (Lipinski definition) is 0. The quantitative estimate of drug-likeness (QED) is 0.475. The highest BCUT2D eigenvalue weighted by atomic mass is 32.2. The van der Waals surface area contributed by atoms with Crippen LogP contribution >= 0.6 is 0 Å². The third-order valence-electron chi connectivity index (χ3n) is 3.05. The van der Waals surface area contributed by atoms with Gasteiger partial charge in [-0.25, -0.2) is 13.2 Å². The Bertz CT molecular complexity index is 712. The van der Waals surface area contributed by atoms with Crippen LogP contribution < -0.4 is 0 Å². The second-order valence-corrected chi connectivity index (χ2v) is 6.51. The van der Waals surface area contributed by atoms with Crippen molar-refractivity contribution in [2.45, 2.75) is 17.4 Å². The van der Waals surface area contributed by atoms with Crippen LogP contribution in [0.5, 0.6) is 0 Å². The lowest BCUT2D eigenvalue weighted by Crippen LogP contribution is -2.34. The van der Waals surface area contributed by atoms with Gasteiger partial charge in [-0.2, -0.15) is 4.31 Å². The molecule has 1 heterocycles. The molecule has 1 aromatic rings. The van der Waals surface area contributed by atoms with Crippen LogP contribution in [0, 0.1) is 10.1 Å². The Hall–Kier alpha value is -2.42. The standard InChI is InChI=1S/C12H12N2O6S/c1-3-12(2)8-13(11(15)20-12)21(18,19)10-6-4-9(5-7-10)14(16)17/h3-7H,1,8H2,2H3. The Morgan fingerprint density at radius 1 is 1.43 bits per heavy atom. The Morgan fingerprint density at radius 3 is 2.43 bits per heavy atom. The van der Waals surface area contributed by atoms with Crippen LogP contribution in [0.15, 0.2) is 41.8 Å². The van der Waals surface area contributed by atoms with Crippen molar-refractivity contribution in [2.75, 3.05) is 6.54 Å². The fourth-order valence-electron chi connectivity index (χ4n) is 1.79. The molecule has 112 valence electrons. The number of non-ortho nitro benzene ring substituents is 1. The van der Waals surface area contributed by atoms with Crippen molar-refractivity contribution in [2.24, 2.45) is 0 Å². The smallest absolute Gasteiger partial charge is 0.424 e. The van der Waals surface area contributed by atoms with E-state index in [0.717, 1.165) is 24.3 Å². The average Bonchev–Trinajstić information content (AvgIpc) is 2.76. The van der Waals surface area contributed by atoms with Gasteiger partial charge in [-0.15, -0.1) is 0 Å². The van der Waals surface area contributed by atoms with Gasteiger partial charge < -0.3 is 4.74 Å². The number of nitrogens with zero attached hydrogens (tertiary/aromatic N) is 2.